The molecule has 0 aromatic heterocycles. The Kier molecular flexibility index (Phi) is 64.8. The largest absolute Gasteiger partial charge is 0.392 e. The second kappa shape index (κ2) is 64.7. The van der Waals surface area contributed by atoms with Crippen molar-refractivity contribution in [2.45, 2.75) is 386 Å². The molecular formula is C69H140N2O5S2. The quantitative estimate of drug-likeness (QED) is 0.0443. The Balaban J connectivity index is 5.06. The number of carbonyl (C=O) groups excluding carboxylic acids is 1. The molecule has 0 aliphatic rings. The summed E-state index contributed by atoms with van der Waals surface area (Å²) >= 11 is 2.73. The Morgan fingerprint density at radius 2 is 0.423 bits per heavy atom. The van der Waals surface area contributed by atoms with Gasteiger partial charge in [0.15, 0.2) is 0 Å². The fourth-order valence-electron chi connectivity index (χ4n) is 11.5. The van der Waals surface area contributed by atoms with Crippen molar-refractivity contribution >= 4 is 28.0 Å². The normalized spacial score (nSPS) is 13.6. The SMILES string of the molecule is CCCCCCCCCCCCCCC(O)CN(CCSC(=O)SCCN(CC(O)CCCCCCCCCCCCCC)CC(O)CCCCCCCCCCCCCC)CC(O)CCCCCCCCCCCCCC. The number of hydrogen-bond donors (Lipinski definition) is 4. The van der Waals surface area contributed by atoms with Crippen molar-refractivity contribution < 1.29 is 25.2 Å². The third-order valence-electron chi connectivity index (χ3n) is 16.7. The minimum Gasteiger partial charge on any atom is -0.392 e. The Hall–Kier alpha value is 0.130. The number of nitrogens with zero attached hydrogens (tertiary/aromatic N) is 2. The topological polar surface area (TPSA) is 104 Å². The average Bonchev–Trinajstić information content (AvgIpc) is 3.42. The van der Waals surface area contributed by atoms with E-state index >= 15 is 0 Å². The first-order valence-corrected chi connectivity index (χ1v) is 37.2. The molecule has 0 rings (SSSR count). The molecule has 4 unspecified atom stereocenters. The summed E-state index contributed by atoms with van der Waals surface area (Å²) in [7, 11) is 0. The van der Waals surface area contributed by atoms with E-state index in [-0.39, 0.29) is 4.45 Å². The van der Waals surface area contributed by atoms with Crippen LogP contribution >= 0.6 is 23.5 Å². The molecule has 0 aromatic carbocycles. The standard InChI is InChI=1S/C69H140N2O5S2/c1-5-9-13-17-21-25-29-33-37-41-45-49-53-65(72)61-70(62-66(73)54-50-46-42-38-34-30-26-22-18-14-10-6-2)57-59-77-69(76)78-60-58-71(63-67(74)55-51-47-43-39-35-31-27-23-19-15-11-7-3)64-68(75)56-52-48-44-40-36-32-28-24-20-16-12-8-4/h65-68,72-75H,5-64H2,1-4H3. The maximum absolute atomic E-state index is 13.3. The van der Waals surface area contributed by atoms with E-state index < -0.39 is 24.4 Å². The summed E-state index contributed by atoms with van der Waals surface area (Å²) in [5.74, 6) is 1.28. The fourth-order valence-corrected chi connectivity index (χ4v) is 13.4. The van der Waals surface area contributed by atoms with Crippen molar-refractivity contribution in [3.8, 4) is 0 Å². The van der Waals surface area contributed by atoms with Gasteiger partial charge in [0.25, 0.3) is 0 Å². The van der Waals surface area contributed by atoms with Crippen LogP contribution in [0, 0.1) is 0 Å². The molecule has 9 heteroatoms. The number of hydrogen-bond acceptors (Lipinski definition) is 9. The van der Waals surface area contributed by atoms with Crippen LogP contribution in [0.3, 0.4) is 0 Å². The summed E-state index contributed by atoms with van der Waals surface area (Å²) in [5.41, 5.74) is 0. The molecule has 0 saturated heterocycles. The maximum Gasteiger partial charge on any atom is 0.246 e. The molecule has 4 N–H and O–H groups in total. The molecule has 0 bridgehead atoms. The van der Waals surface area contributed by atoms with Crippen molar-refractivity contribution in [1.82, 2.24) is 9.80 Å². The fraction of sp³-hybridized carbons (Fsp3) is 0.986. The van der Waals surface area contributed by atoms with E-state index in [0.29, 0.717) is 50.8 Å². The molecule has 4 atom stereocenters. The molecule has 0 aromatic rings. The van der Waals surface area contributed by atoms with Gasteiger partial charge in [-0.1, -0.05) is 359 Å². The minimum atomic E-state index is -0.418. The van der Waals surface area contributed by atoms with Gasteiger partial charge in [-0.15, -0.1) is 0 Å². The van der Waals surface area contributed by atoms with Crippen LogP contribution in [-0.2, 0) is 0 Å². The van der Waals surface area contributed by atoms with Gasteiger partial charge < -0.3 is 20.4 Å². The lowest BCUT2D eigenvalue weighted by Gasteiger charge is -2.27. The van der Waals surface area contributed by atoms with E-state index in [1.807, 2.05) is 0 Å². The summed E-state index contributed by atoms with van der Waals surface area (Å²) in [6, 6.07) is 0. The molecule has 468 valence electrons. The van der Waals surface area contributed by atoms with Gasteiger partial charge in [-0.25, -0.2) is 0 Å². The van der Waals surface area contributed by atoms with E-state index in [4.69, 9.17) is 0 Å². The molecule has 0 heterocycles. The van der Waals surface area contributed by atoms with Crippen molar-refractivity contribution in [2.24, 2.45) is 0 Å². The molecule has 0 radical (unpaired) electrons. The van der Waals surface area contributed by atoms with Crippen LogP contribution in [0.5, 0.6) is 0 Å². The first-order chi connectivity index (χ1) is 38.2. The highest BCUT2D eigenvalue weighted by molar-refractivity contribution is 8.38. The van der Waals surface area contributed by atoms with Gasteiger partial charge >= 0.3 is 0 Å². The highest BCUT2D eigenvalue weighted by Gasteiger charge is 2.19. The van der Waals surface area contributed by atoms with Crippen LogP contribution in [0.25, 0.3) is 0 Å². The number of rotatable bonds is 66. The van der Waals surface area contributed by atoms with Crippen LogP contribution in [0.4, 0.5) is 4.79 Å². The van der Waals surface area contributed by atoms with Crippen LogP contribution in [0.2, 0.25) is 0 Å². The predicted octanol–water partition coefficient (Wildman–Crippen LogP) is 21.0. The zero-order chi connectivity index (χ0) is 56.9. The van der Waals surface area contributed by atoms with E-state index in [0.717, 1.165) is 51.4 Å². The number of carbonyl (C=O) groups is 1. The number of thioether (sulfide) groups is 2. The third-order valence-corrected chi connectivity index (χ3v) is 18.6. The summed E-state index contributed by atoms with van der Waals surface area (Å²) in [6.07, 6.45) is 64.3. The van der Waals surface area contributed by atoms with Crippen LogP contribution in [0.15, 0.2) is 0 Å². The molecule has 0 aliphatic heterocycles. The number of aliphatic hydroxyl groups excluding tert-OH is 4. The molecule has 0 amide bonds. The molecule has 78 heavy (non-hydrogen) atoms. The predicted molar refractivity (Wildman–Crippen MR) is 350 cm³/mol. The first kappa shape index (κ1) is 78.1. The van der Waals surface area contributed by atoms with Gasteiger partial charge in [-0.2, -0.15) is 0 Å². The number of aliphatic hydroxyl groups is 4. The van der Waals surface area contributed by atoms with Gasteiger partial charge in [0, 0.05) is 50.8 Å². The van der Waals surface area contributed by atoms with Crippen LogP contribution in [-0.4, -0.2) is 110 Å². The molecule has 0 spiro atoms. The second-order valence-corrected chi connectivity index (χ2v) is 27.2. The van der Waals surface area contributed by atoms with Crippen molar-refractivity contribution in [2.75, 3.05) is 50.8 Å². The van der Waals surface area contributed by atoms with Crippen LogP contribution in [0.1, 0.15) is 362 Å². The molecule has 0 aliphatic carbocycles. The minimum absolute atomic E-state index is 0.109. The highest BCUT2D eigenvalue weighted by atomic mass is 32.2. The van der Waals surface area contributed by atoms with Gasteiger partial charge in [0.05, 0.1) is 24.4 Å². The zero-order valence-electron chi connectivity index (χ0n) is 53.1. The maximum atomic E-state index is 13.3. The van der Waals surface area contributed by atoms with Gasteiger partial charge in [0.2, 0.25) is 4.45 Å². The lowest BCUT2D eigenvalue weighted by atomic mass is 10.0. The molecule has 0 fully saturated rings. The zero-order valence-corrected chi connectivity index (χ0v) is 54.8. The van der Waals surface area contributed by atoms with Crippen molar-refractivity contribution in [3.63, 3.8) is 0 Å². The third kappa shape index (κ3) is 60.7. The summed E-state index contributed by atoms with van der Waals surface area (Å²) in [5, 5.41) is 44.8. The average molecular weight is 1140 g/mol. The lowest BCUT2D eigenvalue weighted by Crippen LogP contribution is -2.39. The van der Waals surface area contributed by atoms with Gasteiger partial charge in [-0.05, 0) is 25.7 Å². The monoisotopic (exact) mass is 1140 g/mol. The van der Waals surface area contributed by atoms with Crippen molar-refractivity contribution in [1.29, 1.82) is 0 Å². The van der Waals surface area contributed by atoms with Crippen molar-refractivity contribution in [3.05, 3.63) is 0 Å². The van der Waals surface area contributed by atoms with E-state index in [9.17, 15) is 25.2 Å². The Morgan fingerprint density at radius 1 is 0.269 bits per heavy atom. The molecular weight excluding hydrogens is 1000 g/mol. The summed E-state index contributed by atoms with van der Waals surface area (Å²) < 4.78 is 0.109. The smallest absolute Gasteiger partial charge is 0.246 e. The van der Waals surface area contributed by atoms with E-state index in [2.05, 4.69) is 37.5 Å². The Bertz CT molecular complexity index is 998. The Morgan fingerprint density at radius 3 is 0.590 bits per heavy atom. The van der Waals surface area contributed by atoms with Crippen LogP contribution < -0.4 is 0 Å². The first-order valence-electron chi connectivity index (χ1n) is 35.2. The Labute approximate surface area is 497 Å². The van der Waals surface area contributed by atoms with Gasteiger partial charge in [0.1, 0.15) is 0 Å². The lowest BCUT2D eigenvalue weighted by molar-refractivity contribution is 0.0634. The highest BCUT2D eigenvalue weighted by Crippen LogP contribution is 2.21. The van der Waals surface area contributed by atoms with E-state index in [1.54, 1.807) is 0 Å². The molecule has 7 nitrogen and oxygen atoms in total. The van der Waals surface area contributed by atoms with E-state index in [1.165, 1.54) is 306 Å². The molecule has 0 saturated carbocycles. The number of unbranched alkanes of at least 4 members (excludes halogenated alkanes) is 44. The second-order valence-electron chi connectivity index (χ2n) is 24.8. The van der Waals surface area contributed by atoms with Gasteiger partial charge in [-0.3, -0.25) is 14.6 Å². The summed E-state index contributed by atoms with van der Waals surface area (Å²) in [4.78, 5) is 17.8. The summed E-state index contributed by atoms with van der Waals surface area (Å²) in [6.45, 7) is 12.7.